The van der Waals surface area contributed by atoms with Gasteiger partial charge in [-0.1, -0.05) is 11.6 Å². The first-order valence-corrected chi connectivity index (χ1v) is 6.25. The topological polar surface area (TPSA) is 53.4 Å². The van der Waals surface area contributed by atoms with Gasteiger partial charge in [-0.15, -0.1) is 0 Å². The zero-order chi connectivity index (χ0) is 15.1. The minimum Gasteiger partial charge on any atom is -0.481 e. The minimum absolute atomic E-state index is 0.199. The normalized spacial score (nSPS) is 23.1. The van der Waals surface area contributed by atoms with E-state index >= 15 is 0 Å². The van der Waals surface area contributed by atoms with Crippen molar-refractivity contribution in [1.82, 2.24) is 4.98 Å². The number of aryl methyl sites for hydroxylation is 1. The second kappa shape index (κ2) is 5.12. The molecule has 2 heterocycles. The number of pyridine rings is 1. The van der Waals surface area contributed by atoms with Crippen LogP contribution in [0, 0.1) is 18.8 Å². The molecule has 4 nitrogen and oxygen atoms in total. The number of carboxylic acid groups (broad SMARTS) is 1. The summed E-state index contributed by atoms with van der Waals surface area (Å²) in [6, 6.07) is 1.64. The van der Waals surface area contributed by atoms with E-state index in [0.717, 1.165) is 0 Å². The Labute approximate surface area is 118 Å². The molecule has 1 aliphatic rings. The van der Waals surface area contributed by atoms with E-state index in [-0.39, 0.29) is 17.4 Å². The largest absolute Gasteiger partial charge is 0.481 e. The molecule has 1 N–H and O–H groups in total. The standard InChI is InChI=1S/C12H12ClF3N2O2/c1-6-2-3-17-10(9(6)13)18-4-7(11(19)20)8(5-18)12(14,15)16/h2-3,7-8H,4-5H2,1H3,(H,19,20)/t7-,8-/m1/s1. The van der Waals surface area contributed by atoms with Crippen molar-refractivity contribution in [2.45, 2.75) is 13.1 Å². The number of nitrogens with zero attached hydrogens (tertiary/aromatic N) is 2. The van der Waals surface area contributed by atoms with Crippen LogP contribution < -0.4 is 4.90 Å². The molecule has 1 saturated heterocycles. The van der Waals surface area contributed by atoms with Crippen molar-refractivity contribution < 1.29 is 23.1 Å². The Bertz CT molecular complexity index is 536. The predicted molar refractivity (Wildman–Crippen MR) is 66.9 cm³/mol. The van der Waals surface area contributed by atoms with Gasteiger partial charge in [0.15, 0.2) is 0 Å². The molecule has 0 amide bonds. The van der Waals surface area contributed by atoms with Crippen LogP contribution in [0.4, 0.5) is 19.0 Å². The maximum absolute atomic E-state index is 12.9. The van der Waals surface area contributed by atoms with Crippen LogP contribution in [0.15, 0.2) is 12.3 Å². The fourth-order valence-corrected chi connectivity index (χ4v) is 2.54. The average Bonchev–Trinajstić information content (AvgIpc) is 2.77. The molecular formula is C12H12ClF3N2O2. The fourth-order valence-electron chi connectivity index (χ4n) is 2.30. The van der Waals surface area contributed by atoms with Crippen molar-refractivity contribution in [3.8, 4) is 0 Å². The number of hydrogen-bond acceptors (Lipinski definition) is 3. The van der Waals surface area contributed by atoms with Gasteiger partial charge in [0.05, 0.1) is 16.9 Å². The Hall–Kier alpha value is -1.50. The third-order valence-electron chi connectivity index (χ3n) is 3.42. The summed E-state index contributed by atoms with van der Waals surface area (Å²) in [4.78, 5) is 16.3. The lowest BCUT2D eigenvalue weighted by Crippen LogP contribution is -2.33. The van der Waals surface area contributed by atoms with Crippen LogP contribution in [-0.4, -0.2) is 35.3 Å². The third-order valence-corrected chi connectivity index (χ3v) is 3.89. The van der Waals surface area contributed by atoms with Crippen LogP contribution in [-0.2, 0) is 4.79 Å². The van der Waals surface area contributed by atoms with E-state index in [2.05, 4.69) is 4.98 Å². The van der Waals surface area contributed by atoms with E-state index in [4.69, 9.17) is 16.7 Å². The summed E-state index contributed by atoms with van der Waals surface area (Å²) in [5, 5.41) is 9.21. The summed E-state index contributed by atoms with van der Waals surface area (Å²) in [5.74, 6) is -4.69. The van der Waals surface area contributed by atoms with E-state index < -0.39 is 30.5 Å². The number of hydrogen-bond donors (Lipinski definition) is 1. The molecule has 0 unspecified atom stereocenters. The first-order valence-electron chi connectivity index (χ1n) is 5.87. The van der Waals surface area contributed by atoms with Crippen molar-refractivity contribution in [1.29, 1.82) is 0 Å². The average molecular weight is 309 g/mol. The molecule has 0 spiro atoms. The number of rotatable bonds is 2. The van der Waals surface area contributed by atoms with E-state index in [9.17, 15) is 18.0 Å². The highest BCUT2D eigenvalue weighted by atomic mass is 35.5. The van der Waals surface area contributed by atoms with Gasteiger partial charge in [0.25, 0.3) is 0 Å². The number of carbonyl (C=O) groups is 1. The van der Waals surface area contributed by atoms with Gasteiger partial charge in [-0.25, -0.2) is 4.98 Å². The van der Waals surface area contributed by atoms with Crippen molar-refractivity contribution in [3.63, 3.8) is 0 Å². The van der Waals surface area contributed by atoms with Crippen LogP contribution in [0.1, 0.15) is 5.56 Å². The van der Waals surface area contributed by atoms with Gasteiger partial charge in [0, 0.05) is 19.3 Å². The lowest BCUT2D eigenvalue weighted by molar-refractivity contribution is -0.187. The molecule has 0 radical (unpaired) electrons. The number of alkyl halides is 3. The van der Waals surface area contributed by atoms with E-state index in [1.807, 2.05) is 0 Å². The highest BCUT2D eigenvalue weighted by molar-refractivity contribution is 6.33. The summed E-state index contributed by atoms with van der Waals surface area (Å²) in [5.41, 5.74) is 0.680. The summed E-state index contributed by atoms with van der Waals surface area (Å²) in [6.07, 6.45) is -3.12. The van der Waals surface area contributed by atoms with Crippen LogP contribution in [0.2, 0.25) is 5.02 Å². The molecule has 0 saturated carbocycles. The maximum atomic E-state index is 12.9. The Balaban J connectivity index is 2.33. The molecule has 1 aromatic heterocycles. The quantitative estimate of drug-likeness (QED) is 0.913. The van der Waals surface area contributed by atoms with Crippen LogP contribution >= 0.6 is 11.6 Å². The van der Waals surface area contributed by atoms with Gasteiger partial charge in [-0.05, 0) is 18.6 Å². The lowest BCUT2D eigenvalue weighted by atomic mass is 9.96. The molecule has 1 fully saturated rings. The molecule has 0 aromatic carbocycles. The summed E-state index contributed by atoms with van der Waals surface area (Å²) >= 11 is 6.03. The fraction of sp³-hybridized carbons (Fsp3) is 0.500. The second-order valence-corrected chi connectivity index (χ2v) is 5.14. The van der Waals surface area contributed by atoms with Crippen molar-refractivity contribution in [2.75, 3.05) is 18.0 Å². The van der Waals surface area contributed by atoms with Gasteiger partial charge in [0.2, 0.25) is 0 Å². The van der Waals surface area contributed by atoms with Gasteiger partial charge in [0.1, 0.15) is 5.82 Å². The predicted octanol–water partition coefficient (Wildman–Crippen LogP) is 2.74. The molecule has 1 aromatic rings. The zero-order valence-electron chi connectivity index (χ0n) is 10.5. The highest BCUT2D eigenvalue weighted by Crippen LogP contribution is 2.40. The van der Waals surface area contributed by atoms with E-state index in [1.165, 1.54) is 11.1 Å². The Morgan fingerprint density at radius 1 is 1.50 bits per heavy atom. The minimum atomic E-state index is -4.56. The van der Waals surface area contributed by atoms with Crippen molar-refractivity contribution in [3.05, 3.63) is 22.8 Å². The first kappa shape index (κ1) is 14.9. The molecule has 110 valence electrons. The van der Waals surface area contributed by atoms with Gasteiger partial charge in [-0.3, -0.25) is 4.79 Å². The summed E-state index contributed by atoms with van der Waals surface area (Å²) in [7, 11) is 0. The molecular weight excluding hydrogens is 297 g/mol. The summed E-state index contributed by atoms with van der Waals surface area (Å²) < 4.78 is 38.7. The zero-order valence-corrected chi connectivity index (χ0v) is 11.2. The number of aliphatic carboxylic acids is 1. The van der Waals surface area contributed by atoms with Crippen LogP contribution in [0.5, 0.6) is 0 Å². The third kappa shape index (κ3) is 2.67. The molecule has 2 atom stereocenters. The smallest absolute Gasteiger partial charge is 0.394 e. The molecule has 20 heavy (non-hydrogen) atoms. The Kier molecular flexibility index (Phi) is 3.82. The molecule has 0 bridgehead atoms. The number of aromatic nitrogens is 1. The van der Waals surface area contributed by atoms with E-state index in [1.54, 1.807) is 13.0 Å². The molecule has 8 heteroatoms. The van der Waals surface area contributed by atoms with Crippen molar-refractivity contribution in [2.24, 2.45) is 11.8 Å². The number of anilines is 1. The Morgan fingerprint density at radius 2 is 2.15 bits per heavy atom. The monoisotopic (exact) mass is 308 g/mol. The van der Waals surface area contributed by atoms with Crippen molar-refractivity contribution >= 4 is 23.4 Å². The molecule has 2 rings (SSSR count). The highest BCUT2D eigenvalue weighted by Gasteiger charge is 2.53. The van der Waals surface area contributed by atoms with Gasteiger partial charge < -0.3 is 10.0 Å². The van der Waals surface area contributed by atoms with Crippen LogP contribution in [0.25, 0.3) is 0 Å². The molecule has 1 aliphatic heterocycles. The SMILES string of the molecule is Cc1ccnc(N2C[C@@H](C(F)(F)F)[C@H](C(=O)O)C2)c1Cl. The lowest BCUT2D eigenvalue weighted by Gasteiger charge is -2.20. The first-order chi connectivity index (χ1) is 9.21. The number of carboxylic acids is 1. The Morgan fingerprint density at radius 3 is 2.65 bits per heavy atom. The maximum Gasteiger partial charge on any atom is 0.394 e. The molecule has 0 aliphatic carbocycles. The van der Waals surface area contributed by atoms with Gasteiger partial charge in [-0.2, -0.15) is 13.2 Å². The van der Waals surface area contributed by atoms with E-state index in [0.29, 0.717) is 5.56 Å². The second-order valence-electron chi connectivity index (χ2n) is 4.76. The van der Waals surface area contributed by atoms with Gasteiger partial charge >= 0.3 is 12.1 Å². The van der Waals surface area contributed by atoms with Crippen LogP contribution in [0.3, 0.4) is 0 Å². The number of halogens is 4. The summed E-state index contributed by atoms with van der Waals surface area (Å²) in [6.45, 7) is 1.01.